The summed E-state index contributed by atoms with van der Waals surface area (Å²) in [6.07, 6.45) is 6.07. The number of nitrogens with zero attached hydrogens (tertiary/aromatic N) is 5. The Morgan fingerprint density at radius 2 is 1.25 bits per heavy atom. The van der Waals surface area contributed by atoms with Gasteiger partial charge >= 0.3 is 0 Å². The molecule has 0 amide bonds. The molecule has 0 saturated heterocycles. The number of furan rings is 2. The SMILES string of the molecule is Cc1ccc(-n2c(-c3ccc(C=C(C#N)C#N)o3)ccc2-c2ccc(/C=C/C=C(C#N)C#N)o2)cc1. The summed E-state index contributed by atoms with van der Waals surface area (Å²) in [6, 6.07) is 26.2. The number of aromatic nitrogens is 1. The molecule has 0 atom stereocenters. The third-order valence-corrected chi connectivity index (χ3v) is 5.22. The molecular formula is C29H17N5O2. The minimum atomic E-state index is -0.0480. The summed E-state index contributed by atoms with van der Waals surface area (Å²) in [5.41, 5.74) is 3.50. The fourth-order valence-electron chi connectivity index (χ4n) is 3.51. The quantitative estimate of drug-likeness (QED) is 0.229. The molecule has 0 aliphatic rings. The zero-order chi connectivity index (χ0) is 25.5. The fraction of sp³-hybridized carbons (Fsp3) is 0.0345. The molecule has 3 aromatic heterocycles. The first kappa shape index (κ1) is 23.4. The minimum Gasteiger partial charge on any atom is -0.455 e. The maximum atomic E-state index is 9.03. The van der Waals surface area contributed by atoms with Crippen molar-refractivity contribution in [3.63, 3.8) is 0 Å². The van der Waals surface area contributed by atoms with E-state index in [1.54, 1.807) is 42.5 Å². The Hall–Kier alpha value is -5.76. The molecule has 0 unspecified atom stereocenters. The van der Waals surface area contributed by atoms with E-state index in [4.69, 9.17) is 29.9 Å². The highest BCUT2D eigenvalue weighted by molar-refractivity contribution is 5.70. The number of rotatable bonds is 6. The molecule has 0 spiro atoms. The van der Waals surface area contributed by atoms with Crippen LogP contribution >= 0.6 is 0 Å². The van der Waals surface area contributed by atoms with Crippen molar-refractivity contribution in [2.45, 2.75) is 6.92 Å². The fourth-order valence-corrected chi connectivity index (χ4v) is 3.51. The van der Waals surface area contributed by atoms with E-state index in [9.17, 15) is 0 Å². The Morgan fingerprint density at radius 1 is 0.694 bits per heavy atom. The normalized spacial score (nSPS) is 10.1. The number of nitriles is 4. The molecule has 7 nitrogen and oxygen atoms in total. The van der Waals surface area contributed by atoms with Crippen LogP contribution in [0.1, 0.15) is 17.1 Å². The van der Waals surface area contributed by atoms with Gasteiger partial charge in [0.15, 0.2) is 11.5 Å². The van der Waals surface area contributed by atoms with Gasteiger partial charge in [0.05, 0.1) is 11.4 Å². The average molecular weight is 467 g/mol. The molecule has 170 valence electrons. The van der Waals surface area contributed by atoms with Crippen LogP contribution in [0.3, 0.4) is 0 Å². The van der Waals surface area contributed by atoms with E-state index < -0.39 is 0 Å². The first-order valence-corrected chi connectivity index (χ1v) is 10.8. The van der Waals surface area contributed by atoms with Crippen molar-refractivity contribution in [2.75, 3.05) is 0 Å². The molecule has 0 bridgehead atoms. The Morgan fingerprint density at radius 3 is 1.83 bits per heavy atom. The molecule has 4 rings (SSSR count). The van der Waals surface area contributed by atoms with Crippen LogP contribution in [-0.4, -0.2) is 4.57 Å². The molecule has 0 aliphatic heterocycles. The summed E-state index contributed by atoms with van der Waals surface area (Å²) in [7, 11) is 0. The van der Waals surface area contributed by atoms with Crippen molar-refractivity contribution in [3.05, 3.63) is 101 Å². The Kier molecular flexibility index (Phi) is 6.79. The van der Waals surface area contributed by atoms with Gasteiger partial charge in [0.2, 0.25) is 0 Å². The van der Waals surface area contributed by atoms with E-state index in [1.165, 1.54) is 12.2 Å². The molecule has 0 saturated carbocycles. The third kappa shape index (κ3) is 4.92. The lowest BCUT2D eigenvalue weighted by Gasteiger charge is -2.12. The molecule has 0 aliphatic carbocycles. The standard InChI is InChI=1S/C29H17N5O2/c1-20-5-7-23(8-6-20)34-26(28-13-9-24(35-28)4-2-3-21(16-30)17-31)11-12-27(34)29-14-10-25(36-29)15-22(18-32)19-33/h2-15H,1H3/b4-2+. The van der Waals surface area contributed by atoms with Crippen LogP contribution in [0, 0.1) is 52.2 Å². The van der Waals surface area contributed by atoms with Gasteiger partial charge in [-0.25, -0.2) is 0 Å². The predicted molar refractivity (Wildman–Crippen MR) is 133 cm³/mol. The van der Waals surface area contributed by atoms with E-state index in [-0.39, 0.29) is 11.1 Å². The molecular weight excluding hydrogens is 450 g/mol. The number of hydrogen-bond acceptors (Lipinski definition) is 6. The maximum Gasteiger partial charge on any atom is 0.151 e. The Labute approximate surface area is 207 Å². The number of allylic oxidation sites excluding steroid dienone is 4. The highest BCUT2D eigenvalue weighted by Gasteiger charge is 2.18. The summed E-state index contributed by atoms with van der Waals surface area (Å²) in [4.78, 5) is 0. The lowest BCUT2D eigenvalue weighted by atomic mass is 10.2. The second-order valence-corrected chi connectivity index (χ2v) is 7.62. The molecule has 0 N–H and O–H groups in total. The molecule has 36 heavy (non-hydrogen) atoms. The number of aryl methyl sites for hydroxylation is 1. The Balaban J connectivity index is 1.78. The monoisotopic (exact) mass is 467 g/mol. The zero-order valence-electron chi connectivity index (χ0n) is 19.1. The van der Waals surface area contributed by atoms with Gasteiger partial charge in [-0.2, -0.15) is 21.0 Å². The lowest BCUT2D eigenvalue weighted by molar-refractivity contribution is 0.563. The number of benzene rings is 1. The van der Waals surface area contributed by atoms with Gasteiger partial charge in [0.1, 0.15) is 46.9 Å². The molecule has 3 heterocycles. The maximum absolute atomic E-state index is 9.03. The summed E-state index contributed by atoms with van der Waals surface area (Å²) >= 11 is 0. The van der Waals surface area contributed by atoms with Gasteiger partial charge in [-0.15, -0.1) is 0 Å². The summed E-state index contributed by atoms with van der Waals surface area (Å²) < 4.78 is 14.0. The van der Waals surface area contributed by atoms with Gasteiger partial charge in [-0.1, -0.05) is 23.8 Å². The van der Waals surface area contributed by atoms with Crippen LogP contribution in [0.4, 0.5) is 0 Å². The van der Waals surface area contributed by atoms with Crippen LogP contribution in [0.25, 0.3) is 40.7 Å². The van der Waals surface area contributed by atoms with E-state index in [0.29, 0.717) is 23.0 Å². The van der Waals surface area contributed by atoms with Crippen LogP contribution < -0.4 is 0 Å². The topological polar surface area (TPSA) is 126 Å². The van der Waals surface area contributed by atoms with Crippen molar-refractivity contribution < 1.29 is 8.83 Å². The van der Waals surface area contributed by atoms with Crippen molar-refractivity contribution in [1.29, 1.82) is 21.0 Å². The Bertz CT molecular complexity index is 1650. The van der Waals surface area contributed by atoms with Gasteiger partial charge < -0.3 is 13.4 Å². The molecule has 7 heteroatoms. The van der Waals surface area contributed by atoms with Crippen molar-refractivity contribution >= 4 is 12.2 Å². The zero-order valence-corrected chi connectivity index (χ0v) is 19.1. The van der Waals surface area contributed by atoms with Crippen LogP contribution in [0.15, 0.2) is 92.8 Å². The highest BCUT2D eigenvalue weighted by atomic mass is 16.3. The van der Waals surface area contributed by atoms with Gasteiger partial charge in [0.25, 0.3) is 0 Å². The van der Waals surface area contributed by atoms with Crippen molar-refractivity contribution in [1.82, 2.24) is 4.57 Å². The first-order valence-electron chi connectivity index (χ1n) is 10.8. The lowest BCUT2D eigenvalue weighted by Crippen LogP contribution is -1.98. The van der Waals surface area contributed by atoms with E-state index in [2.05, 4.69) is 0 Å². The van der Waals surface area contributed by atoms with Crippen LogP contribution in [0.5, 0.6) is 0 Å². The summed E-state index contributed by atoms with van der Waals surface area (Å²) in [5, 5.41) is 35.8. The largest absolute Gasteiger partial charge is 0.455 e. The number of hydrogen-bond donors (Lipinski definition) is 0. The van der Waals surface area contributed by atoms with E-state index >= 15 is 0 Å². The molecule has 0 radical (unpaired) electrons. The average Bonchev–Trinajstić information content (AvgIpc) is 3.65. The summed E-state index contributed by atoms with van der Waals surface area (Å²) in [5.74, 6) is 2.12. The molecule has 0 fully saturated rings. The van der Waals surface area contributed by atoms with Gasteiger partial charge in [-0.3, -0.25) is 0 Å². The smallest absolute Gasteiger partial charge is 0.151 e. The van der Waals surface area contributed by atoms with E-state index in [1.807, 2.05) is 66.1 Å². The van der Waals surface area contributed by atoms with Crippen molar-refractivity contribution in [3.8, 4) is 52.9 Å². The predicted octanol–water partition coefficient (Wildman–Crippen LogP) is 6.72. The van der Waals surface area contributed by atoms with Crippen molar-refractivity contribution in [2.24, 2.45) is 0 Å². The molecule has 4 aromatic rings. The second kappa shape index (κ2) is 10.4. The van der Waals surface area contributed by atoms with E-state index in [0.717, 1.165) is 22.6 Å². The van der Waals surface area contributed by atoms with Crippen LogP contribution in [0.2, 0.25) is 0 Å². The second-order valence-electron chi connectivity index (χ2n) is 7.62. The van der Waals surface area contributed by atoms with Gasteiger partial charge in [0, 0.05) is 11.8 Å². The molecule has 1 aromatic carbocycles. The summed E-state index contributed by atoms with van der Waals surface area (Å²) in [6.45, 7) is 2.01. The minimum absolute atomic E-state index is 0.000223. The third-order valence-electron chi connectivity index (χ3n) is 5.22. The van der Waals surface area contributed by atoms with Gasteiger partial charge in [-0.05, 0) is 67.6 Å². The van der Waals surface area contributed by atoms with Crippen LogP contribution in [-0.2, 0) is 0 Å². The highest BCUT2D eigenvalue weighted by Crippen LogP contribution is 2.34. The first-order chi connectivity index (χ1) is 17.6.